The Morgan fingerprint density at radius 3 is 2.35 bits per heavy atom. The number of phenols is 1. The number of rotatable bonds is 11. The van der Waals surface area contributed by atoms with Crippen molar-refractivity contribution in [1.29, 1.82) is 0 Å². The fourth-order valence-corrected chi connectivity index (χ4v) is 4.55. The molecular weight excluding hydrogens is 572 g/mol. The summed E-state index contributed by atoms with van der Waals surface area (Å²) in [5.41, 5.74) is 1.50. The molecule has 0 saturated heterocycles. The van der Waals surface area contributed by atoms with Gasteiger partial charge in [0, 0.05) is 45.6 Å². The lowest BCUT2D eigenvalue weighted by Gasteiger charge is -2.13. The second-order valence-electron chi connectivity index (χ2n) is 8.93. The van der Waals surface area contributed by atoms with Crippen LogP contribution >= 0.6 is 11.8 Å². The van der Waals surface area contributed by atoms with Crippen LogP contribution in [0.3, 0.4) is 0 Å². The maximum Gasteiger partial charge on any atom is 0.272 e. The van der Waals surface area contributed by atoms with E-state index < -0.39 is 16.7 Å². The number of aromatic hydroxyl groups is 1. The van der Waals surface area contributed by atoms with Crippen molar-refractivity contribution in [2.75, 3.05) is 23.5 Å². The highest BCUT2D eigenvalue weighted by Gasteiger charge is 2.17. The molecule has 3 amide bonds. The minimum absolute atomic E-state index is 0.0240. The number of carbonyl (C=O) groups is 3. The summed E-state index contributed by atoms with van der Waals surface area (Å²) in [6.45, 7) is 0. The molecule has 0 aliphatic heterocycles. The van der Waals surface area contributed by atoms with Crippen LogP contribution in [0.1, 0.15) is 15.9 Å². The number of phenolic OH excluding ortho intramolecular Hbond substituents is 1. The van der Waals surface area contributed by atoms with Gasteiger partial charge in [-0.2, -0.15) is 0 Å². The van der Waals surface area contributed by atoms with Crippen LogP contribution in [-0.4, -0.2) is 40.6 Å². The molecule has 218 valence electrons. The van der Waals surface area contributed by atoms with Crippen molar-refractivity contribution in [3.05, 3.63) is 124 Å². The molecule has 0 radical (unpaired) electrons. The van der Waals surface area contributed by atoms with E-state index in [0.717, 1.165) is 0 Å². The summed E-state index contributed by atoms with van der Waals surface area (Å²) in [5, 5.41) is 28.7. The standard InChI is InChI=1S/C31H26N4O7S/c1-42-28-18-25(36)15-10-21(28)16-27(34-30(38)20-6-3-2-4-7-20)31(39)33-23-8-5-9-26(17-23)43-19-29(37)32-22-11-13-24(14-12-22)35(40)41/h2-18,36H,19H2,1H3,(H,32,37)(H,33,39)(H,34,38)/b27-16+. The maximum atomic E-state index is 13.4. The number of hydrogen-bond acceptors (Lipinski definition) is 8. The Labute approximate surface area is 250 Å². The van der Waals surface area contributed by atoms with Gasteiger partial charge in [-0.05, 0) is 60.7 Å². The first-order valence-corrected chi connectivity index (χ1v) is 13.7. The Bertz CT molecular complexity index is 1680. The van der Waals surface area contributed by atoms with Gasteiger partial charge in [0.2, 0.25) is 5.91 Å². The number of methoxy groups -OCH3 is 1. The molecule has 43 heavy (non-hydrogen) atoms. The first-order chi connectivity index (χ1) is 20.7. The Balaban J connectivity index is 1.47. The van der Waals surface area contributed by atoms with Crippen molar-refractivity contribution in [3.63, 3.8) is 0 Å². The van der Waals surface area contributed by atoms with E-state index in [0.29, 0.717) is 33.1 Å². The molecular formula is C31H26N4O7S. The number of nitro benzene ring substituents is 1. The highest BCUT2D eigenvalue weighted by molar-refractivity contribution is 8.00. The smallest absolute Gasteiger partial charge is 0.272 e. The van der Waals surface area contributed by atoms with Crippen molar-refractivity contribution < 1.29 is 29.2 Å². The average Bonchev–Trinajstić information content (AvgIpc) is 3.01. The number of nitro groups is 1. The van der Waals surface area contributed by atoms with Gasteiger partial charge in [0.15, 0.2) is 0 Å². The summed E-state index contributed by atoms with van der Waals surface area (Å²) >= 11 is 1.23. The molecule has 0 bridgehead atoms. The van der Waals surface area contributed by atoms with Gasteiger partial charge >= 0.3 is 0 Å². The second-order valence-corrected chi connectivity index (χ2v) is 9.98. The molecule has 4 rings (SSSR count). The third-order valence-electron chi connectivity index (χ3n) is 5.87. The lowest BCUT2D eigenvalue weighted by molar-refractivity contribution is -0.384. The number of thioether (sulfide) groups is 1. The number of nitrogens with zero attached hydrogens (tertiary/aromatic N) is 1. The molecule has 0 fully saturated rings. The summed E-state index contributed by atoms with van der Waals surface area (Å²) < 4.78 is 5.32. The first-order valence-electron chi connectivity index (χ1n) is 12.8. The van der Waals surface area contributed by atoms with Gasteiger partial charge < -0.3 is 25.8 Å². The van der Waals surface area contributed by atoms with Crippen LogP contribution in [0.5, 0.6) is 11.5 Å². The van der Waals surface area contributed by atoms with Crippen molar-refractivity contribution >= 4 is 52.6 Å². The highest BCUT2D eigenvalue weighted by atomic mass is 32.2. The van der Waals surface area contributed by atoms with Crippen molar-refractivity contribution in [2.45, 2.75) is 4.90 Å². The van der Waals surface area contributed by atoms with Crippen LogP contribution in [0.2, 0.25) is 0 Å². The molecule has 4 N–H and O–H groups in total. The first kappa shape index (κ1) is 30.3. The number of carbonyl (C=O) groups excluding carboxylic acids is 3. The van der Waals surface area contributed by atoms with Gasteiger partial charge in [-0.15, -0.1) is 11.8 Å². The summed E-state index contributed by atoms with van der Waals surface area (Å²) in [7, 11) is 1.42. The van der Waals surface area contributed by atoms with Crippen LogP contribution in [0, 0.1) is 10.1 Å². The Morgan fingerprint density at radius 2 is 1.65 bits per heavy atom. The largest absolute Gasteiger partial charge is 0.508 e. The number of benzene rings is 4. The van der Waals surface area contributed by atoms with E-state index in [1.54, 1.807) is 60.7 Å². The van der Waals surface area contributed by atoms with Gasteiger partial charge in [-0.25, -0.2) is 0 Å². The van der Waals surface area contributed by atoms with E-state index in [1.807, 2.05) is 0 Å². The molecule has 12 heteroatoms. The molecule has 0 spiro atoms. The van der Waals surface area contributed by atoms with Gasteiger partial charge in [0.25, 0.3) is 17.5 Å². The number of hydrogen-bond donors (Lipinski definition) is 4. The molecule has 0 heterocycles. The van der Waals surface area contributed by atoms with Gasteiger partial charge in [-0.1, -0.05) is 24.3 Å². The lowest BCUT2D eigenvalue weighted by atomic mass is 10.1. The van der Waals surface area contributed by atoms with Crippen LogP contribution in [0.4, 0.5) is 17.1 Å². The van der Waals surface area contributed by atoms with E-state index in [4.69, 9.17) is 4.74 Å². The third kappa shape index (κ3) is 8.68. The quantitative estimate of drug-likeness (QED) is 0.0768. The zero-order valence-electron chi connectivity index (χ0n) is 22.8. The number of amides is 3. The summed E-state index contributed by atoms with van der Waals surface area (Å²) in [6.07, 6.45) is 1.44. The lowest BCUT2D eigenvalue weighted by Crippen LogP contribution is -2.30. The van der Waals surface area contributed by atoms with E-state index in [9.17, 15) is 29.6 Å². The molecule has 0 saturated carbocycles. The minimum Gasteiger partial charge on any atom is -0.508 e. The molecule has 0 atom stereocenters. The number of anilines is 2. The predicted molar refractivity (Wildman–Crippen MR) is 164 cm³/mol. The van der Waals surface area contributed by atoms with Crippen molar-refractivity contribution in [1.82, 2.24) is 5.32 Å². The molecule has 0 aliphatic carbocycles. The summed E-state index contributed by atoms with van der Waals surface area (Å²) in [6, 6.07) is 25.1. The number of non-ortho nitro benzene ring substituents is 1. The fraction of sp³-hybridized carbons (Fsp3) is 0.0645. The third-order valence-corrected chi connectivity index (χ3v) is 6.86. The summed E-state index contributed by atoms with van der Waals surface area (Å²) in [5.74, 6) is -1.10. The van der Waals surface area contributed by atoms with Crippen LogP contribution in [0.25, 0.3) is 6.08 Å². The maximum absolute atomic E-state index is 13.4. The highest BCUT2D eigenvalue weighted by Crippen LogP contribution is 2.27. The van der Waals surface area contributed by atoms with E-state index in [-0.39, 0.29) is 28.8 Å². The van der Waals surface area contributed by atoms with Gasteiger partial charge in [-0.3, -0.25) is 24.5 Å². The minimum atomic E-state index is -0.613. The van der Waals surface area contributed by atoms with Gasteiger partial charge in [0.1, 0.15) is 17.2 Å². The second kappa shape index (κ2) is 14.3. The van der Waals surface area contributed by atoms with Crippen molar-refractivity contribution in [3.8, 4) is 11.5 Å². The number of nitrogens with one attached hydrogen (secondary N) is 3. The zero-order chi connectivity index (χ0) is 30.8. The van der Waals surface area contributed by atoms with Crippen LogP contribution < -0.4 is 20.7 Å². The SMILES string of the molecule is COc1cc(O)ccc1/C=C(/NC(=O)c1ccccc1)C(=O)Nc1cccc(SCC(=O)Nc2ccc([N+](=O)[O-])cc2)c1. The van der Waals surface area contributed by atoms with Crippen molar-refractivity contribution in [2.24, 2.45) is 0 Å². The Hall–Kier alpha value is -5.62. The summed E-state index contributed by atoms with van der Waals surface area (Å²) in [4.78, 5) is 49.7. The van der Waals surface area contributed by atoms with Gasteiger partial charge in [0.05, 0.1) is 17.8 Å². The molecule has 11 nitrogen and oxygen atoms in total. The molecule has 0 unspecified atom stereocenters. The zero-order valence-corrected chi connectivity index (χ0v) is 23.6. The van der Waals surface area contributed by atoms with Crippen LogP contribution in [-0.2, 0) is 9.59 Å². The van der Waals surface area contributed by atoms with E-state index in [2.05, 4.69) is 16.0 Å². The Morgan fingerprint density at radius 1 is 0.907 bits per heavy atom. The molecule has 0 aliphatic rings. The molecule has 0 aromatic heterocycles. The van der Waals surface area contributed by atoms with E-state index in [1.165, 1.54) is 61.3 Å². The molecule has 4 aromatic rings. The monoisotopic (exact) mass is 598 g/mol. The Kier molecular flexibility index (Phi) is 10.1. The van der Waals surface area contributed by atoms with E-state index >= 15 is 0 Å². The fourth-order valence-electron chi connectivity index (χ4n) is 3.79. The normalized spacial score (nSPS) is 10.9. The average molecular weight is 599 g/mol. The van der Waals surface area contributed by atoms with Crippen LogP contribution in [0.15, 0.2) is 108 Å². The number of ether oxygens (including phenoxy) is 1. The topological polar surface area (TPSA) is 160 Å². The predicted octanol–water partition coefficient (Wildman–Crippen LogP) is 5.45. The molecule has 4 aromatic carbocycles.